The molecule has 2 aromatic heterocycles. The Morgan fingerprint density at radius 1 is 1.13 bits per heavy atom. The molecule has 0 saturated heterocycles. The summed E-state index contributed by atoms with van der Waals surface area (Å²) in [4.78, 5) is 29.7. The standard InChI is InChI=1S/C23H21N3O3S/c1-15-3-7-17(8-4-15)19-13-30-22-21(19)25-14-26(23(22)28)12-20(27)24-11-16-5-9-18(29-2)10-6-16/h3-10,13-14H,11-12H2,1-2H3,(H,24,27). The van der Waals surface area contributed by atoms with Crippen molar-refractivity contribution in [2.45, 2.75) is 20.0 Å². The lowest BCUT2D eigenvalue weighted by molar-refractivity contribution is -0.121. The van der Waals surface area contributed by atoms with Gasteiger partial charge in [-0.15, -0.1) is 11.3 Å². The Morgan fingerprint density at radius 2 is 1.87 bits per heavy atom. The summed E-state index contributed by atoms with van der Waals surface area (Å²) in [6.45, 7) is 2.34. The maximum absolute atomic E-state index is 12.8. The van der Waals surface area contributed by atoms with E-state index in [1.165, 1.54) is 27.8 Å². The first kappa shape index (κ1) is 19.8. The van der Waals surface area contributed by atoms with Crippen molar-refractivity contribution in [2.24, 2.45) is 0 Å². The smallest absolute Gasteiger partial charge is 0.271 e. The van der Waals surface area contributed by atoms with Gasteiger partial charge in [0, 0.05) is 17.5 Å². The number of nitrogens with zero attached hydrogens (tertiary/aromatic N) is 2. The van der Waals surface area contributed by atoms with Gasteiger partial charge in [0.25, 0.3) is 5.56 Å². The number of hydrogen-bond acceptors (Lipinski definition) is 5. The van der Waals surface area contributed by atoms with Gasteiger partial charge in [-0.05, 0) is 30.2 Å². The first-order valence-corrected chi connectivity index (χ1v) is 10.4. The molecule has 0 spiro atoms. The molecule has 30 heavy (non-hydrogen) atoms. The molecule has 0 atom stereocenters. The quantitative estimate of drug-likeness (QED) is 0.517. The van der Waals surface area contributed by atoms with Crippen LogP contribution in [0.1, 0.15) is 11.1 Å². The number of hydrogen-bond donors (Lipinski definition) is 1. The summed E-state index contributed by atoms with van der Waals surface area (Å²) in [6.07, 6.45) is 1.45. The minimum atomic E-state index is -0.246. The van der Waals surface area contributed by atoms with Crippen LogP contribution in [-0.2, 0) is 17.9 Å². The summed E-state index contributed by atoms with van der Waals surface area (Å²) in [6, 6.07) is 15.6. The minimum absolute atomic E-state index is 0.0737. The molecule has 6 nitrogen and oxygen atoms in total. The summed E-state index contributed by atoms with van der Waals surface area (Å²) in [5.41, 5.74) is 4.55. The highest BCUT2D eigenvalue weighted by Gasteiger charge is 2.14. The molecule has 0 aliphatic heterocycles. The van der Waals surface area contributed by atoms with Crippen LogP contribution in [0.5, 0.6) is 5.75 Å². The molecular formula is C23H21N3O3S. The van der Waals surface area contributed by atoms with Gasteiger partial charge < -0.3 is 10.1 Å². The topological polar surface area (TPSA) is 73.2 Å². The van der Waals surface area contributed by atoms with Crippen molar-refractivity contribution in [3.05, 3.63) is 81.7 Å². The predicted octanol–water partition coefficient (Wildman–Crippen LogP) is 3.76. The Labute approximate surface area is 177 Å². The zero-order valence-corrected chi connectivity index (χ0v) is 17.5. The number of ether oxygens (including phenoxy) is 1. The van der Waals surface area contributed by atoms with Crippen LogP contribution in [0.4, 0.5) is 0 Å². The Bertz CT molecular complexity index is 1240. The first-order valence-electron chi connectivity index (χ1n) is 9.48. The molecule has 0 fully saturated rings. The highest BCUT2D eigenvalue weighted by atomic mass is 32.1. The molecule has 7 heteroatoms. The molecule has 1 N–H and O–H groups in total. The molecule has 0 radical (unpaired) electrons. The molecule has 2 aromatic carbocycles. The van der Waals surface area contributed by atoms with E-state index in [1.54, 1.807) is 7.11 Å². The Kier molecular flexibility index (Phi) is 5.63. The number of nitrogens with one attached hydrogen (secondary N) is 1. The number of rotatable bonds is 6. The molecule has 2 heterocycles. The number of aryl methyl sites for hydroxylation is 1. The van der Waals surface area contributed by atoms with Gasteiger partial charge in [0.05, 0.1) is 19.0 Å². The van der Waals surface area contributed by atoms with Gasteiger partial charge in [0.2, 0.25) is 5.91 Å². The number of benzene rings is 2. The second-order valence-electron chi connectivity index (χ2n) is 7.00. The van der Waals surface area contributed by atoms with Crippen molar-refractivity contribution in [3.8, 4) is 16.9 Å². The van der Waals surface area contributed by atoms with Gasteiger partial charge in [0.1, 0.15) is 17.0 Å². The number of carbonyl (C=O) groups is 1. The molecule has 1 amide bonds. The van der Waals surface area contributed by atoms with Crippen LogP contribution in [-0.4, -0.2) is 22.6 Å². The molecule has 0 aliphatic carbocycles. The van der Waals surface area contributed by atoms with Crippen LogP contribution in [0.25, 0.3) is 21.3 Å². The van der Waals surface area contributed by atoms with E-state index in [0.717, 1.165) is 22.4 Å². The number of amides is 1. The molecule has 0 unspecified atom stereocenters. The van der Waals surface area contributed by atoms with Crippen molar-refractivity contribution in [1.29, 1.82) is 0 Å². The Hall–Kier alpha value is -3.45. The van der Waals surface area contributed by atoms with Gasteiger partial charge >= 0.3 is 0 Å². The third-order valence-corrected chi connectivity index (χ3v) is 5.83. The van der Waals surface area contributed by atoms with E-state index in [4.69, 9.17) is 4.74 Å². The number of methoxy groups -OCH3 is 1. The van der Waals surface area contributed by atoms with Crippen molar-refractivity contribution < 1.29 is 9.53 Å². The van der Waals surface area contributed by atoms with E-state index >= 15 is 0 Å². The largest absolute Gasteiger partial charge is 0.497 e. The van der Waals surface area contributed by atoms with Crippen molar-refractivity contribution in [3.63, 3.8) is 0 Å². The van der Waals surface area contributed by atoms with E-state index in [2.05, 4.69) is 10.3 Å². The average Bonchev–Trinajstić information content (AvgIpc) is 3.20. The molecular weight excluding hydrogens is 398 g/mol. The van der Waals surface area contributed by atoms with E-state index in [9.17, 15) is 9.59 Å². The maximum atomic E-state index is 12.8. The second kappa shape index (κ2) is 8.51. The minimum Gasteiger partial charge on any atom is -0.497 e. The summed E-state index contributed by atoms with van der Waals surface area (Å²) < 4.78 is 7.03. The number of thiophene rings is 1. The highest BCUT2D eigenvalue weighted by molar-refractivity contribution is 7.17. The highest BCUT2D eigenvalue weighted by Crippen LogP contribution is 2.30. The van der Waals surface area contributed by atoms with Crippen LogP contribution in [0, 0.1) is 6.92 Å². The van der Waals surface area contributed by atoms with Gasteiger partial charge in [-0.2, -0.15) is 0 Å². The van der Waals surface area contributed by atoms with Gasteiger partial charge in [-0.1, -0.05) is 42.0 Å². The number of carbonyl (C=O) groups excluding carboxylic acids is 1. The summed E-state index contributed by atoms with van der Waals surface area (Å²) in [5.74, 6) is 0.515. The van der Waals surface area contributed by atoms with Crippen LogP contribution in [0.2, 0.25) is 0 Å². The lowest BCUT2D eigenvalue weighted by atomic mass is 10.1. The van der Waals surface area contributed by atoms with Crippen LogP contribution in [0.3, 0.4) is 0 Å². The zero-order chi connectivity index (χ0) is 21.1. The Balaban J connectivity index is 1.49. The maximum Gasteiger partial charge on any atom is 0.271 e. The summed E-state index contributed by atoms with van der Waals surface area (Å²) in [7, 11) is 1.61. The molecule has 152 valence electrons. The number of aromatic nitrogens is 2. The lowest BCUT2D eigenvalue weighted by Crippen LogP contribution is -2.31. The predicted molar refractivity (Wildman–Crippen MR) is 119 cm³/mol. The third kappa shape index (κ3) is 4.11. The molecule has 0 saturated carbocycles. The molecule has 0 bridgehead atoms. The third-order valence-electron chi connectivity index (χ3n) is 4.87. The summed E-state index contributed by atoms with van der Waals surface area (Å²) in [5, 5.41) is 4.77. The van der Waals surface area contributed by atoms with E-state index in [0.29, 0.717) is 16.8 Å². The van der Waals surface area contributed by atoms with Crippen LogP contribution in [0.15, 0.2) is 65.0 Å². The van der Waals surface area contributed by atoms with Crippen molar-refractivity contribution in [2.75, 3.05) is 7.11 Å². The van der Waals surface area contributed by atoms with Gasteiger partial charge in [-0.25, -0.2) is 4.98 Å². The fraction of sp³-hybridized carbons (Fsp3) is 0.174. The number of fused-ring (bicyclic) bond motifs is 1. The van der Waals surface area contributed by atoms with Crippen molar-refractivity contribution in [1.82, 2.24) is 14.9 Å². The monoisotopic (exact) mass is 419 g/mol. The lowest BCUT2D eigenvalue weighted by Gasteiger charge is -2.08. The summed E-state index contributed by atoms with van der Waals surface area (Å²) >= 11 is 1.36. The van der Waals surface area contributed by atoms with E-state index < -0.39 is 0 Å². The van der Waals surface area contributed by atoms with Crippen LogP contribution < -0.4 is 15.6 Å². The molecule has 4 aromatic rings. The van der Waals surface area contributed by atoms with E-state index in [-0.39, 0.29) is 18.0 Å². The average molecular weight is 420 g/mol. The van der Waals surface area contributed by atoms with Crippen molar-refractivity contribution >= 4 is 27.5 Å². The zero-order valence-electron chi connectivity index (χ0n) is 16.7. The molecule has 0 aliphatic rings. The normalized spacial score (nSPS) is 10.9. The second-order valence-corrected chi connectivity index (χ2v) is 7.88. The van der Waals surface area contributed by atoms with Crippen LogP contribution >= 0.6 is 11.3 Å². The first-order chi connectivity index (χ1) is 14.5. The fourth-order valence-corrected chi connectivity index (χ4v) is 4.12. The Morgan fingerprint density at radius 3 is 2.57 bits per heavy atom. The molecule has 4 rings (SSSR count). The fourth-order valence-electron chi connectivity index (χ4n) is 3.15. The SMILES string of the molecule is COc1ccc(CNC(=O)Cn2cnc3c(-c4ccc(C)cc4)csc3c2=O)cc1. The van der Waals surface area contributed by atoms with Gasteiger partial charge in [0.15, 0.2) is 0 Å². The van der Waals surface area contributed by atoms with E-state index in [1.807, 2.05) is 60.8 Å². The van der Waals surface area contributed by atoms with Gasteiger partial charge in [-0.3, -0.25) is 14.2 Å².